The van der Waals surface area contributed by atoms with Crippen molar-refractivity contribution >= 4 is 11.6 Å². The minimum Gasteiger partial charge on any atom is -0.507 e. The van der Waals surface area contributed by atoms with Crippen molar-refractivity contribution in [2.45, 2.75) is 19.0 Å². The normalized spacial score (nSPS) is 11.8. The summed E-state index contributed by atoms with van der Waals surface area (Å²) in [7, 11) is 0. The lowest BCUT2D eigenvalue weighted by Crippen LogP contribution is -2.09. The Morgan fingerprint density at radius 2 is 2.05 bits per heavy atom. The average Bonchev–Trinajstić information content (AvgIpc) is 2.74. The third-order valence-electron chi connectivity index (χ3n) is 2.29. The maximum absolute atomic E-state index is 12.0. The molecule has 1 aromatic carbocycles. The van der Waals surface area contributed by atoms with Crippen molar-refractivity contribution in [1.29, 1.82) is 0 Å². The number of alkyl halides is 3. The average molecular weight is 293 g/mol. The van der Waals surface area contributed by atoms with Gasteiger partial charge in [-0.1, -0.05) is 16.8 Å². The standard InChI is InChI=1S/C11H8ClF3N2O2/c12-6-1-2-7(8(18)5-6)10-16-9(17-19-10)3-4-11(13,14)15/h1-2,5,18H,3-4H2. The summed E-state index contributed by atoms with van der Waals surface area (Å²) in [4.78, 5) is 3.79. The van der Waals surface area contributed by atoms with E-state index in [2.05, 4.69) is 10.1 Å². The zero-order chi connectivity index (χ0) is 14.0. The largest absolute Gasteiger partial charge is 0.507 e. The third kappa shape index (κ3) is 3.60. The first-order valence-electron chi connectivity index (χ1n) is 5.23. The van der Waals surface area contributed by atoms with Crippen LogP contribution in [-0.2, 0) is 6.42 Å². The van der Waals surface area contributed by atoms with Gasteiger partial charge in [-0.3, -0.25) is 0 Å². The number of aryl methyl sites for hydroxylation is 1. The Hall–Kier alpha value is -1.76. The van der Waals surface area contributed by atoms with E-state index in [1.165, 1.54) is 18.2 Å². The Labute approximate surface area is 110 Å². The molecule has 0 bridgehead atoms. The van der Waals surface area contributed by atoms with Gasteiger partial charge in [0.15, 0.2) is 5.82 Å². The molecule has 0 spiro atoms. The van der Waals surface area contributed by atoms with Gasteiger partial charge in [-0.15, -0.1) is 0 Å². The van der Waals surface area contributed by atoms with Gasteiger partial charge in [0, 0.05) is 11.4 Å². The maximum Gasteiger partial charge on any atom is 0.389 e. The predicted molar refractivity (Wildman–Crippen MR) is 60.8 cm³/mol. The first-order chi connectivity index (χ1) is 8.85. The molecular formula is C11H8ClF3N2O2. The van der Waals surface area contributed by atoms with Crippen LogP contribution in [0.1, 0.15) is 12.2 Å². The van der Waals surface area contributed by atoms with Crippen LogP contribution in [0.15, 0.2) is 22.7 Å². The van der Waals surface area contributed by atoms with E-state index in [1.807, 2.05) is 0 Å². The fraction of sp³-hybridized carbons (Fsp3) is 0.273. The summed E-state index contributed by atoms with van der Waals surface area (Å²) in [6, 6.07) is 4.21. The van der Waals surface area contributed by atoms with Gasteiger partial charge in [-0.05, 0) is 18.2 Å². The smallest absolute Gasteiger partial charge is 0.389 e. The lowest BCUT2D eigenvalue weighted by atomic mass is 10.2. The molecule has 2 rings (SSSR count). The molecule has 0 saturated heterocycles. The van der Waals surface area contributed by atoms with Gasteiger partial charge < -0.3 is 9.63 Å². The van der Waals surface area contributed by atoms with Gasteiger partial charge >= 0.3 is 6.18 Å². The van der Waals surface area contributed by atoms with Crippen LogP contribution >= 0.6 is 11.6 Å². The molecule has 0 aliphatic heterocycles. The van der Waals surface area contributed by atoms with Crippen molar-refractivity contribution in [2.24, 2.45) is 0 Å². The fourth-order valence-corrected chi connectivity index (χ4v) is 1.57. The second-order valence-corrected chi connectivity index (χ2v) is 4.23. The summed E-state index contributed by atoms with van der Waals surface area (Å²) in [5.74, 6) is -0.300. The summed E-state index contributed by atoms with van der Waals surface area (Å²) in [6.07, 6.45) is -5.68. The van der Waals surface area contributed by atoms with Crippen molar-refractivity contribution in [3.05, 3.63) is 29.0 Å². The number of aromatic nitrogens is 2. The highest BCUT2D eigenvalue weighted by molar-refractivity contribution is 6.30. The first kappa shape index (κ1) is 13.7. The van der Waals surface area contributed by atoms with Gasteiger partial charge in [0.25, 0.3) is 5.89 Å². The number of hydrogen-bond donors (Lipinski definition) is 1. The SMILES string of the molecule is Oc1cc(Cl)ccc1-c1nc(CCC(F)(F)F)no1. The number of rotatable bonds is 3. The van der Waals surface area contributed by atoms with Crippen LogP contribution in [0.3, 0.4) is 0 Å². The highest BCUT2D eigenvalue weighted by Gasteiger charge is 2.27. The van der Waals surface area contributed by atoms with Crippen LogP contribution < -0.4 is 0 Å². The molecule has 4 nitrogen and oxygen atoms in total. The molecule has 0 amide bonds. The van der Waals surface area contributed by atoms with Crippen molar-refractivity contribution in [3.8, 4) is 17.2 Å². The maximum atomic E-state index is 12.0. The highest BCUT2D eigenvalue weighted by Crippen LogP contribution is 2.30. The monoisotopic (exact) mass is 292 g/mol. The van der Waals surface area contributed by atoms with Gasteiger partial charge in [-0.25, -0.2) is 0 Å². The van der Waals surface area contributed by atoms with Crippen molar-refractivity contribution in [1.82, 2.24) is 10.1 Å². The van der Waals surface area contributed by atoms with Crippen molar-refractivity contribution in [3.63, 3.8) is 0 Å². The summed E-state index contributed by atoms with van der Waals surface area (Å²) in [5.41, 5.74) is 0.218. The topological polar surface area (TPSA) is 59.2 Å². The fourth-order valence-electron chi connectivity index (χ4n) is 1.40. The minimum absolute atomic E-state index is 0.0497. The van der Waals surface area contributed by atoms with E-state index in [1.54, 1.807) is 0 Å². The number of phenolic OH excluding ortho intramolecular Hbond substituents is 1. The molecule has 0 unspecified atom stereocenters. The zero-order valence-electron chi connectivity index (χ0n) is 9.41. The Balaban J connectivity index is 2.16. The van der Waals surface area contributed by atoms with E-state index < -0.39 is 12.6 Å². The molecule has 0 aliphatic carbocycles. The number of phenols is 1. The molecule has 0 fully saturated rings. The van der Waals surface area contributed by atoms with Crippen LogP contribution in [0.25, 0.3) is 11.5 Å². The number of hydrogen-bond acceptors (Lipinski definition) is 4. The van der Waals surface area contributed by atoms with Gasteiger partial charge in [0.2, 0.25) is 0 Å². The second-order valence-electron chi connectivity index (χ2n) is 3.79. The first-order valence-corrected chi connectivity index (χ1v) is 5.61. The molecule has 8 heteroatoms. The summed E-state index contributed by atoms with van der Waals surface area (Å²) in [5, 5.41) is 13.4. The number of nitrogens with zero attached hydrogens (tertiary/aromatic N) is 2. The van der Waals surface area contributed by atoms with Gasteiger partial charge in [0.1, 0.15) is 5.75 Å². The van der Waals surface area contributed by atoms with Crippen LogP contribution in [0.5, 0.6) is 5.75 Å². The van der Waals surface area contributed by atoms with E-state index in [0.29, 0.717) is 5.02 Å². The zero-order valence-corrected chi connectivity index (χ0v) is 10.2. The third-order valence-corrected chi connectivity index (χ3v) is 2.53. The number of aromatic hydroxyl groups is 1. The van der Waals surface area contributed by atoms with E-state index >= 15 is 0 Å². The Bertz CT molecular complexity index is 584. The van der Waals surface area contributed by atoms with E-state index in [0.717, 1.165) is 0 Å². The summed E-state index contributed by atoms with van der Waals surface area (Å²) < 4.78 is 40.9. The Morgan fingerprint density at radius 3 is 2.68 bits per heavy atom. The van der Waals surface area contributed by atoms with Crippen LogP contribution in [0.4, 0.5) is 13.2 Å². The van der Waals surface area contributed by atoms with Crippen LogP contribution in [-0.4, -0.2) is 21.4 Å². The lowest BCUT2D eigenvalue weighted by Gasteiger charge is -2.02. The van der Waals surface area contributed by atoms with Crippen LogP contribution in [0, 0.1) is 0 Å². The number of benzene rings is 1. The lowest BCUT2D eigenvalue weighted by molar-refractivity contribution is -0.134. The molecule has 0 atom stereocenters. The summed E-state index contributed by atoms with van der Waals surface area (Å²) >= 11 is 5.66. The molecule has 1 heterocycles. The molecule has 0 aliphatic rings. The molecule has 102 valence electrons. The second kappa shape index (κ2) is 5.08. The molecule has 19 heavy (non-hydrogen) atoms. The molecule has 2 aromatic rings. The van der Waals surface area contributed by atoms with E-state index in [-0.39, 0.29) is 29.4 Å². The quantitative estimate of drug-likeness (QED) is 0.939. The highest BCUT2D eigenvalue weighted by atomic mass is 35.5. The molecule has 1 N–H and O–H groups in total. The molecular weight excluding hydrogens is 285 g/mol. The number of halogens is 4. The minimum atomic E-state index is -4.27. The van der Waals surface area contributed by atoms with Crippen molar-refractivity contribution < 1.29 is 22.8 Å². The Morgan fingerprint density at radius 1 is 1.32 bits per heavy atom. The molecule has 0 saturated carbocycles. The van der Waals surface area contributed by atoms with Gasteiger partial charge in [0.05, 0.1) is 12.0 Å². The predicted octanol–water partition coefficient (Wildman–Crippen LogP) is 3.59. The van der Waals surface area contributed by atoms with Crippen molar-refractivity contribution in [2.75, 3.05) is 0 Å². The molecule has 1 aromatic heterocycles. The summed E-state index contributed by atoms with van der Waals surface area (Å²) in [6.45, 7) is 0. The van der Waals surface area contributed by atoms with E-state index in [4.69, 9.17) is 16.1 Å². The molecule has 0 radical (unpaired) electrons. The van der Waals surface area contributed by atoms with E-state index in [9.17, 15) is 18.3 Å². The van der Waals surface area contributed by atoms with Crippen LogP contribution in [0.2, 0.25) is 5.02 Å². The van der Waals surface area contributed by atoms with Gasteiger partial charge in [-0.2, -0.15) is 18.2 Å². The Kier molecular flexibility index (Phi) is 3.66.